The first kappa shape index (κ1) is 23.5. The molecule has 30 heavy (non-hydrogen) atoms. The van der Waals surface area contributed by atoms with Crippen molar-refractivity contribution in [2.45, 2.75) is 97.7 Å². The number of rotatable bonds is 6. The topological polar surface area (TPSA) is 40.5 Å². The summed E-state index contributed by atoms with van der Waals surface area (Å²) in [6.07, 6.45) is 13.5. The van der Waals surface area contributed by atoms with E-state index in [1.165, 1.54) is 50.5 Å². The molecular formula is C28H44O2. The normalized spacial score (nSPS) is 39.2. The van der Waals surface area contributed by atoms with Crippen LogP contribution in [0.5, 0.6) is 0 Å². The third-order valence-electron chi connectivity index (χ3n) is 8.89. The van der Waals surface area contributed by atoms with Crippen LogP contribution in [-0.4, -0.2) is 22.4 Å². The van der Waals surface area contributed by atoms with Crippen molar-refractivity contribution in [1.82, 2.24) is 0 Å². The van der Waals surface area contributed by atoms with E-state index in [2.05, 4.69) is 53.0 Å². The van der Waals surface area contributed by atoms with Crippen LogP contribution < -0.4 is 0 Å². The monoisotopic (exact) mass is 412 g/mol. The van der Waals surface area contributed by atoms with Gasteiger partial charge in [0.2, 0.25) is 0 Å². The molecule has 0 aromatic rings. The standard InChI is InChI=1S/C28H44O2/c1-18(2)19(3)9-10-20(4)25-13-14-26-22(8-7-15-28(25,26)6)11-12-23-16-24(29)17-27(30)21(23)5/h11-12,19-20,24-27,29-30H,1,5,7-10,13-17H2,2-4,6H3/b22-11-,23-12+/t19?,20?,24-,25-,26?,27+,28-/m1/s1. The Morgan fingerprint density at radius 3 is 2.63 bits per heavy atom. The van der Waals surface area contributed by atoms with E-state index in [1.807, 2.05) is 0 Å². The Morgan fingerprint density at radius 2 is 1.93 bits per heavy atom. The zero-order valence-electron chi connectivity index (χ0n) is 19.8. The molecule has 0 aliphatic heterocycles. The number of hydrogen-bond acceptors (Lipinski definition) is 2. The van der Waals surface area contributed by atoms with Gasteiger partial charge in [0.1, 0.15) is 0 Å². The first-order valence-electron chi connectivity index (χ1n) is 12.2. The number of hydrogen-bond donors (Lipinski definition) is 2. The molecule has 3 unspecified atom stereocenters. The lowest BCUT2D eigenvalue weighted by Gasteiger charge is -2.44. The molecule has 3 rings (SSSR count). The van der Waals surface area contributed by atoms with Gasteiger partial charge < -0.3 is 10.2 Å². The fourth-order valence-corrected chi connectivity index (χ4v) is 6.64. The van der Waals surface area contributed by atoms with Crippen molar-refractivity contribution >= 4 is 0 Å². The van der Waals surface area contributed by atoms with E-state index in [1.54, 1.807) is 5.57 Å². The third kappa shape index (κ3) is 4.86. The largest absolute Gasteiger partial charge is 0.393 e. The van der Waals surface area contributed by atoms with Crippen molar-refractivity contribution in [1.29, 1.82) is 0 Å². The van der Waals surface area contributed by atoms with Crippen LogP contribution in [0.3, 0.4) is 0 Å². The molecule has 0 saturated heterocycles. The summed E-state index contributed by atoms with van der Waals surface area (Å²) in [5.74, 6) is 2.88. The van der Waals surface area contributed by atoms with Crippen molar-refractivity contribution in [2.24, 2.45) is 29.1 Å². The maximum atomic E-state index is 10.1. The molecular weight excluding hydrogens is 368 g/mol. The Kier molecular flexibility index (Phi) is 7.51. The van der Waals surface area contributed by atoms with Gasteiger partial charge in [-0.3, -0.25) is 0 Å². The quantitative estimate of drug-likeness (QED) is 0.473. The van der Waals surface area contributed by atoms with Crippen molar-refractivity contribution in [3.8, 4) is 0 Å². The third-order valence-corrected chi connectivity index (χ3v) is 8.89. The first-order valence-corrected chi connectivity index (χ1v) is 12.2. The maximum absolute atomic E-state index is 10.1. The number of fused-ring (bicyclic) bond motifs is 1. The first-order chi connectivity index (χ1) is 14.1. The molecule has 2 nitrogen and oxygen atoms in total. The molecule has 168 valence electrons. The predicted molar refractivity (Wildman–Crippen MR) is 127 cm³/mol. The number of allylic oxidation sites excluding steroid dienone is 4. The van der Waals surface area contributed by atoms with E-state index in [0.29, 0.717) is 30.1 Å². The fraction of sp³-hybridized carbons (Fsp3) is 0.714. The van der Waals surface area contributed by atoms with Gasteiger partial charge in [0, 0.05) is 6.42 Å². The zero-order valence-corrected chi connectivity index (χ0v) is 19.8. The highest BCUT2D eigenvalue weighted by atomic mass is 16.3. The van der Waals surface area contributed by atoms with Crippen LogP contribution in [0.2, 0.25) is 0 Å². The van der Waals surface area contributed by atoms with Gasteiger partial charge in [0.25, 0.3) is 0 Å². The number of aliphatic hydroxyl groups excluding tert-OH is 2. The Balaban J connectivity index is 1.72. The fourth-order valence-electron chi connectivity index (χ4n) is 6.64. The Morgan fingerprint density at radius 1 is 1.20 bits per heavy atom. The molecule has 2 heteroatoms. The van der Waals surface area contributed by atoms with Crippen LogP contribution in [0.4, 0.5) is 0 Å². The van der Waals surface area contributed by atoms with Crippen LogP contribution in [0.25, 0.3) is 0 Å². The molecule has 0 aromatic heterocycles. The molecule has 3 aliphatic carbocycles. The van der Waals surface area contributed by atoms with E-state index in [0.717, 1.165) is 23.0 Å². The summed E-state index contributed by atoms with van der Waals surface area (Å²) in [5, 5.41) is 20.2. The minimum absolute atomic E-state index is 0.414. The second kappa shape index (κ2) is 9.57. The smallest absolute Gasteiger partial charge is 0.0811 e. The Hall–Kier alpha value is -1.12. The average molecular weight is 413 g/mol. The van der Waals surface area contributed by atoms with Gasteiger partial charge in [-0.05, 0) is 98.5 Å². The van der Waals surface area contributed by atoms with E-state index in [-0.39, 0.29) is 0 Å². The second-order valence-electron chi connectivity index (χ2n) is 11.0. The lowest BCUT2D eigenvalue weighted by molar-refractivity contribution is 0.0861. The summed E-state index contributed by atoms with van der Waals surface area (Å²) < 4.78 is 0. The molecule has 0 aromatic carbocycles. The van der Waals surface area contributed by atoms with Gasteiger partial charge in [-0.15, -0.1) is 0 Å². The van der Waals surface area contributed by atoms with Gasteiger partial charge in [-0.1, -0.05) is 57.2 Å². The molecule has 0 spiro atoms. The average Bonchev–Trinajstić information content (AvgIpc) is 3.04. The van der Waals surface area contributed by atoms with Crippen LogP contribution in [0.15, 0.2) is 47.6 Å². The minimum Gasteiger partial charge on any atom is -0.393 e. The van der Waals surface area contributed by atoms with Crippen molar-refractivity contribution in [2.75, 3.05) is 0 Å². The Bertz CT molecular complexity index is 714. The molecule has 0 amide bonds. The molecule has 3 aliphatic rings. The Labute approximate surface area is 184 Å². The minimum atomic E-state index is -0.603. The maximum Gasteiger partial charge on any atom is 0.0811 e. The van der Waals surface area contributed by atoms with Crippen molar-refractivity contribution in [3.05, 3.63) is 47.6 Å². The molecule has 7 atom stereocenters. The number of aliphatic hydroxyl groups is 2. The molecule has 3 fully saturated rings. The summed E-state index contributed by atoms with van der Waals surface area (Å²) in [7, 11) is 0. The van der Waals surface area contributed by atoms with E-state index < -0.39 is 12.2 Å². The lowest BCUT2D eigenvalue weighted by Crippen LogP contribution is -2.36. The predicted octanol–water partition coefficient (Wildman–Crippen LogP) is 6.76. The van der Waals surface area contributed by atoms with Gasteiger partial charge in [-0.2, -0.15) is 0 Å². The van der Waals surface area contributed by atoms with Crippen molar-refractivity contribution < 1.29 is 10.2 Å². The summed E-state index contributed by atoms with van der Waals surface area (Å²) in [4.78, 5) is 0. The summed E-state index contributed by atoms with van der Waals surface area (Å²) in [5.41, 5.74) is 5.13. The van der Waals surface area contributed by atoms with Crippen LogP contribution in [0, 0.1) is 29.1 Å². The van der Waals surface area contributed by atoms with Crippen molar-refractivity contribution in [3.63, 3.8) is 0 Å². The SMILES string of the molecule is C=C(C)C(C)CCC(C)[C@H]1CCC2/C(=C\C=C3/C[C@@H](O)C[C@H](O)C3=C)CCC[C@@]21C. The molecule has 0 bridgehead atoms. The zero-order chi connectivity index (χ0) is 22.1. The van der Waals surface area contributed by atoms with Gasteiger partial charge in [0.05, 0.1) is 12.2 Å². The lowest BCUT2D eigenvalue weighted by atomic mass is 9.60. The van der Waals surface area contributed by atoms with E-state index >= 15 is 0 Å². The molecule has 0 radical (unpaired) electrons. The van der Waals surface area contributed by atoms with Gasteiger partial charge in [-0.25, -0.2) is 0 Å². The molecule has 3 saturated carbocycles. The highest BCUT2D eigenvalue weighted by molar-refractivity contribution is 5.38. The summed E-state index contributed by atoms with van der Waals surface area (Å²) in [6, 6.07) is 0. The summed E-state index contributed by atoms with van der Waals surface area (Å²) in [6.45, 7) is 17.7. The highest BCUT2D eigenvalue weighted by Crippen LogP contribution is 2.60. The molecule has 0 heterocycles. The van der Waals surface area contributed by atoms with Gasteiger partial charge in [0.15, 0.2) is 0 Å². The highest BCUT2D eigenvalue weighted by Gasteiger charge is 2.50. The van der Waals surface area contributed by atoms with E-state index in [9.17, 15) is 10.2 Å². The van der Waals surface area contributed by atoms with E-state index in [4.69, 9.17) is 0 Å². The summed E-state index contributed by atoms with van der Waals surface area (Å²) >= 11 is 0. The van der Waals surface area contributed by atoms with Gasteiger partial charge >= 0.3 is 0 Å². The molecule has 2 N–H and O–H groups in total. The van der Waals surface area contributed by atoms with Crippen LogP contribution in [0.1, 0.15) is 85.5 Å². The second-order valence-corrected chi connectivity index (χ2v) is 11.0. The van der Waals surface area contributed by atoms with Crippen LogP contribution >= 0.6 is 0 Å². The van der Waals surface area contributed by atoms with Crippen LogP contribution in [-0.2, 0) is 0 Å².